The predicted octanol–water partition coefficient (Wildman–Crippen LogP) is 14.4. The second kappa shape index (κ2) is 12.9. The summed E-state index contributed by atoms with van der Waals surface area (Å²) in [6, 6.07) is 68.4. The molecule has 8 aromatic carbocycles. The summed E-state index contributed by atoms with van der Waals surface area (Å²) in [6.45, 7) is 0. The number of fused-ring (bicyclic) bond motifs is 8. The number of benzene rings is 8. The number of nitrogens with zero attached hydrogens (tertiary/aromatic N) is 3. The SMILES string of the molecule is Nc1ccc(N(c2ccccc2)c2ccc3c(c2)oc2c4ccc(N(c5ccccc5)c5ccc(-n6c7ccccc7c7ccccc76)cc5)cc4sc32)cc1. The molecule has 3 heterocycles. The summed E-state index contributed by atoms with van der Waals surface area (Å²) < 4.78 is 11.4. The van der Waals surface area contributed by atoms with Gasteiger partial charge in [0.05, 0.1) is 15.7 Å². The number of thiophene rings is 1. The molecule has 3 aromatic heterocycles. The van der Waals surface area contributed by atoms with Gasteiger partial charge in [-0.1, -0.05) is 72.8 Å². The van der Waals surface area contributed by atoms with Crippen molar-refractivity contribution in [1.82, 2.24) is 4.57 Å². The maximum atomic E-state index is 6.71. The van der Waals surface area contributed by atoms with Gasteiger partial charge in [-0.05, 0) is 115 Å². The minimum absolute atomic E-state index is 0.735. The van der Waals surface area contributed by atoms with Crippen LogP contribution < -0.4 is 15.5 Å². The molecule has 5 nitrogen and oxygen atoms in total. The summed E-state index contributed by atoms with van der Waals surface area (Å²) >= 11 is 1.78. The third-order valence-corrected chi connectivity index (χ3v) is 11.9. The normalized spacial score (nSPS) is 11.6. The molecule has 0 saturated carbocycles. The van der Waals surface area contributed by atoms with E-state index in [1.165, 1.54) is 26.5 Å². The lowest BCUT2D eigenvalue weighted by Gasteiger charge is -2.26. The molecule has 0 amide bonds. The topological polar surface area (TPSA) is 50.6 Å². The van der Waals surface area contributed by atoms with Crippen molar-refractivity contribution in [2.45, 2.75) is 0 Å². The van der Waals surface area contributed by atoms with Crippen LogP contribution in [0.25, 0.3) is 58.8 Å². The molecule has 0 unspecified atom stereocenters. The van der Waals surface area contributed by atoms with E-state index >= 15 is 0 Å². The molecule has 0 bridgehead atoms. The molecule has 6 heteroatoms. The fraction of sp³-hybridized carbons (Fsp3) is 0. The monoisotopic (exact) mass is 738 g/mol. The minimum Gasteiger partial charge on any atom is -0.454 e. The number of para-hydroxylation sites is 4. The van der Waals surface area contributed by atoms with Crippen molar-refractivity contribution in [1.29, 1.82) is 0 Å². The summed E-state index contributed by atoms with van der Waals surface area (Å²) in [5, 5.41) is 4.74. The number of aromatic nitrogens is 1. The van der Waals surface area contributed by atoms with Crippen molar-refractivity contribution in [2.24, 2.45) is 0 Å². The first-order chi connectivity index (χ1) is 27.7. The Bertz CT molecular complexity index is 3150. The van der Waals surface area contributed by atoms with Crippen LogP contribution in [0.1, 0.15) is 0 Å². The highest BCUT2D eigenvalue weighted by atomic mass is 32.1. The van der Waals surface area contributed by atoms with Crippen molar-refractivity contribution < 1.29 is 4.42 Å². The van der Waals surface area contributed by atoms with E-state index < -0.39 is 0 Å². The average Bonchev–Trinajstić information content (AvgIpc) is 3.90. The molecular formula is C50H34N4OS. The molecule has 2 N–H and O–H groups in total. The number of hydrogen-bond acceptors (Lipinski definition) is 5. The largest absolute Gasteiger partial charge is 0.454 e. The van der Waals surface area contributed by atoms with Crippen LogP contribution in [0.15, 0.2) is 199 Å². The summed E-state index contributed by atoms with van der Waals surface area (Å²) in [5.41, 5.74) is 18.5. The van der Waals surface area contributed by atoms with Gasteiger partial charge in [0, 0.05) is 77.8 Å². The fourth-order valence-electron chi connectivity index (χ4n) is 8.13. The Morgan fingerprint density at radius 3 is 1.52 bits per heavy atom. The van der Waals surface area contributed by atoms with E-state index in [0.29, 0.717) is 0 Å². The summed E-state index contributed by atoms with van der Waals surface area (Å²) in [6.07, 6.45) is 0. The Balaban J connectivity index is 0.988. The van der Waals surface area contributed by atoms with E-state index in [1.54, 1.807) is 11.3 Å². The van der Waals surface area contributed by atoms with Gasteiger partial charge in [-0.3, -0.25) is 0 Å². The molecule has 0 fully saturated rings. The van der Waals surface area contributed by atoms with Gasteiger partial charge in [0.1, 0.15) is 5.58 Å². The number of nitrogens with two attached hydrogens (primary N) is 1. The predicted molar refractivity (Wildman–Crippen MR) is 237 cm³/mol. The first-order valence-corrected chi connectivity index (χ1v) is 19.5. The zero-order valence-electron chi connectivity index (χ0n) is 30.2. The first kappa shape index (κ1) is 32.2. The van der Waals surface area contributed by atoms with Crippen molar-refractivity contribution in [2.75, 3.05) is 15.5 Å². The zero-order valence-corrected chi connectivity index (χ0v) is 31.0. The molecule has 0 atom stereocenters. The molecule has 11 rings (SSSR count). The minimum atomic E-state index is 0.735. The maximum Gasteiger partial charge on any atom is 0.154 e. The highest BCUT2D eigenvalue weighted by Crippen LogP contribution is 2.46. The van der Waals surface area contributed by atoms with Crippen molar-refractivity contribution in [3.8, 4) is 5.69 Å². The number of furan rings is 1. The lowest BCUT2D eigenvalue weighted by Crippen LogP contribution is -2.09. The molecule has 0 saturated heterocycles. The second-order valence-electron chi connectivity index (χ2n) is 14.0. The Kier molecular flexibility index (Phi) is 7.43. The molecule has 0 aliphatic carbocycles. The molecule has 0 aliphatic heterocycles. The van der Waals surface area contributed by atoms with Gasteiger partial charge in [-0.25, -0.2) is 0 Å². The van der Waals surface area contributed by atoms with Gasteiger partial charge in [-0.2, -0.15) is 0 Å². The van der Waals surface area contributed by atoms with Crippen LogP contribution in [0.5, 0.6) is 0 Å². The van der Waals surface area contributed by atoms with E-state index in [-0.39, 0.29) is 0 Å². The lowest BCUT2D eigenvalue weighted by atomic mass is 10.1. The van der Waals surface area contributed by atoms with Crippen molar-refractivity contribution in [3.63, 3.8) is 0 Å². The zero-order chi connectivity index (χ0) is 37.2. The number of rotatable bonds is 7. The van der Waals surface area contributed by atoms with Crippen LogP contribution in [0.3, 0.4) is 0 Å². The van der Waals surface area contributed by atoms with Gasteiger partial charge in [-0.15, -0.1) is 11.3 Å². The van der Waals surface area contributed by atoms with Crippen molar-refractivity contribution >= 4 is 104 Å². The average molecular weight is 739 g/mol. The number of nitrogen functional groups attached to an aromatic ring is 1. The quantitative estimate of drug-likeness (QED) is 0.165. The van der Waals surface area contributed by atoms with E-state index in [4.69, 9.17) is 10.2 Å². The Labute approximate surface area is 327 Å². The maximum absolute atomic E-state index is 6.71. The Morgan fingerprint density at radius 2 is 0.911 bits per heavy atom. The molecule has 0 radical (unpaired) electrons. The molecule has 266 valence electrons. The van der Waals surface area contributed by atoms with Gasteiger partial charge in [0.15, 0.2) is 5.58 Å². The third-order valence-electron chi connectivity index (χ3n) is 10.7. The van der Waals surface area contributed by atoms with Crippen LogP contribution >= 0.6 is 11.3 Å². The molecule has 0 spiro atoms. The summed E-state index contributed by atoms with van der Waals surface area (Å²) in [5.74, 6) is 0. The highest BCUT2D eigenvalue weighted by molar-refractivity contribution is 7.26. The van der Waals surface area contributed by atoms with Crippen LogP contribution in [0, 0.1) is 0 Å². The number of hydrogen-bond donors (Lipinski definition) is 1. The standard InChI is InChI=1S/C50H34N4OS/c51-33-19-21-36(22-20-33)52(34-11-3-1-4-12-34)39-27-29-43-47(31-39)55-49-44-30-28-40(32-48(44)56-50(43)49)53(35-13-5-2-6-14-35)37-23-25-38(26-24-37)54-45-17-9-7-15-41(45)42-16-8-10-18-46(42)54/h1-32H,51H2. The second-order valence-corrected chi connectivity index (χ2v) is 15.1. The Morgan fingerprint density at radius 1 is 0.429 bits per heavy atom. The Hall–Kier alpha value is -7.28. The van der Waals surface area contributed by atoms with Gasteiger partial charge in [0.2, 0.25) is 0 Å². The van der Waals surface area contributed by atoms with E-state index in [9.17, 15) is 0 Å². The van der Waals surface area contributed by atoms with Crippen LogP contribution in [0.2, 0.25) is 0 Å². The van der Waals surface area contributed by atoms with E-state index in [0.717, 1.165) is 72.1 Å². The summed E-state index contributed by atoms with van der Waals surface area (Å²) in [7, 11) is 0. The number of anilines is 7. The smallest absolute Gasteiger partial charge is 0.154 e. The first-order valence-electron chi connectivity index (χ1n) is 18.7. The fourth-order valence-corrected chi connectivity index (χ4v) is 9.33. The van der Waals surface area contributed by atoms with Crippen LogP contribution in [-0.2, 0) is 0 Å². The summed E-state index contributed by atoms with van der Waals surface area (Å²) in [4.78, 5) is 4.56. The lowest BCUT2D eigenvalue weighted by molar-refractivity contribution is 0.673. The third kappa shape index (κ3) is 5.22. The van der Waals surface area contributed by atoms with Gasteiger partial charge in [0.25, 0.3) is 0 Å². The van der Waals surface area contributed by atoms with Crippen LogP contribution in [-0.4, -0.2) is 4.57 Å². The van der Waals surface area contributed by atoms with Crippen molar-refractivity contribution in [3.05, 3.63) is 194 Å². The van der Waals surface area contributed by atoms with Crippen LogP contribution in [0.4, 0.5) is 39.8 Å². The van der Waals surface area contributed by atoms with E-state index in [1.807, 2.05) is 18.2 Å². The molecule has 56 heavy (non-hydrogen) atoms. The highest BCUT2D eigenvalue weighted by Gasteiger charge is 2.20. The van der Waals surface area contributed by atoms with Gasteiger partial charge < -0.3 is 24.5 Å². The van der Waals surface area contributed by atoms with E-state index in [2.05, 4.69) is 190 Å². The molecule has 11 aromatic rings. The van der Waals surface area contributed by atoms with Gasteiger partial charge >= 0.3 is 0 Å². The molecular weight excluding hydrogens is 705 g/mol. The molecule has 0 aliphatic rings.